The Balaban J connectivity index is 2.40. The van der Waals surface area contributed by atoms with Crippen LogP contribution in [0, 0.1) is 5.41 Å². The molecule has 1 aromatic rings. The third-order valence-electron chi connectivity index (χ3n) is 1.83. The van der Waals surface area contributed by atoms with E-state index in [1.165, 1.54) is 0 Å². The van der Waals surface area contributed by atoms with Crippen molar-refractivity contribution in [3.63, 3.8) is 0 Å². The van der Waals surface area contributed by atoms with E-state index in [9.17, 15) is 0 Å². The Hall–Kier alpha value is -1.32. The summed E-state index contributed by atoms with van der Waals surface area (Å²) in [5, 5.41) is 7.45. The number of hydrogen-bond donors (Lipinski definition) is 1. The van der Waals surface area contributed by atoms with E-state index in [1.807, 2.05) is 30.3 Å². The Kier molecular flexibility index (Phi) is 2.75. The normalized spacial score (nSPS) is 14.9. The number of hydrogen-bond acceptors (Lipinski definition) is 3. The summed E-state index contributed by atoms with van der Waals surface area (Å²) in [6.07, 6.45) is 0. The molecule has 0 fully saturated rings. The van der Waals surface area contributed by atoms with Gasteiger partial charge in [0.05, 0.1) is 0 Å². The first-order valence-electron chi connectivity index (χ1n) is 4.14. The highest BCUT2D eigenvalue weighted by Gasteiger charge is 2.22. The molecule has 5 heteroatoms. The van der Waals surface area contributed by atoms with Gasteiger partial charge in [-0.05, 0) is 12.1 Å². The third kappa shape index (κ3) is 2.03. The van der Waals surface area contributed by atoms with Gasteiger partial charge in [0.25, 0.3) is 0 Å². The number of nitrogens with one attached hydrogen (secondary N) is 1. The van der Waals surface area contributed by atoms with Crippen LogP contribution >= 0.6 is 23.2 Å². The molecule has 15 heavy (non-hydrogen) atoms. The number of ether oxygens (including phenoxy) is 1. The SMILES string of the molecule is N=C1OC(c2ccccc2)=NC1=C(Cl)Cl. The molecule has 2 rings (SSSR count). The van der Waals surface area contributed by atoms with Crippen LogP contribution < -0.4 is 0 Å². The maximum Gasteiger partial charge on any atom is 0.242 e. The van der Waals surface area contributed by atoms with Gasteiger partial charge in [-0.3, -0.25) is 5.41 Å². The van der Waals surface area contributed by atoms with E-state index in [4.69, 9.17) is 33.3 Å². The predicted molar refractivity (Wildman–Crippen MR) is 60.5 cm³/mol. The highest BCUT2D eigenvalue weighted by atomic mass is 35.5. The second-order valence-corrected chi connectivity index (χ2v) is 3.77. The van der Waals surface area contributed by atoms with Crippen molar-refractivity contribution in [2.45, 2.75) is 0 Å². The highest BCUT2D eigenvalue weighted by Crippen LogP contribution is 2.23. The van der Waals surface area contributed by atoms with E-state index in [2.05, 4.69) is 4.99 Å². The topological polar surface area (TPSA) is 45.4 Å². The minimum absolute atomic E-state index is 0.0640. The molecule has 1 heterocycles. The fourth-order valence-electron chi connectivity index (χ4n) is 1.15. The summed E-state index contributed by atoms with van der Waals surface area (Å²) in [5.41, 5.74) is 0.948. The molecule has 0 aromatic heterocycles. The molecule has 0 unspecified atom stereocenters. The molecule has 1 aliphatic rings. The monoisotopic (exact) mass is 240 g/mol. The second-order valence-electron chi connectivity index (χ2n) is 2.82. The Bertz CT molecular complexity index is 462. The lowest BCUT2D eigenvalue weighted by Crippen LogP contribution is -2.04. The van der Waals surface area contributed by atoms with Crippen LogP contribution in [0.2, 0.25) is 0 Å². The molecule has 1 N–H and O–H groups in total. The van der Waals surface area contributed by atoms with Crippen LogP contribution in [0.25, 0.3) is 0 Å². The summed E-state index contributed by atoms with van der Waals surface area (Å²) in [5.74, 6) is 0.211. The van der Waals surface area contributed by atoms with Gasteiger partial charge < -0.3 is 4.74 Å². The molecule has 0 saturated carbocycles. The van der Waals surface area contributed by atoms with E-state index in [-0.39, 0.29) is 16.1 Å². The molecule has 0 bridgehead atoms. The molecular formula is C10H6Cl2N2O. The molecule has 76 valence electrons. The quantitative estimate of drug-likeness (QED) is 0.806. The molecule has 0 saturated heterocycles. The van der Waals surface area contributed by atoms with Gasteiger partial charge in [-0.2, -0.15) is 0 Å². The third-order valence-corrected chi connectivity index (χ3v) is 2.18. The van der Waals surface area contributed by atoms with Crippen LogP contribution in [0.15, 0.2) is 45.5 Å². The Morgan fingerprint density at radius 3 is 2.40 bits per heavy atom. The Morgan fingerprint density at radius 1 is 1.20 bits per heavy atom. The maximum atomic E-state index is 7.45. The van der Waals surface area contributed by atoms with Crippen LogP contribution in [0.5, 0.6) is 0 Å². The van der Waals surface area contributed by atoms with Gasteiger partial charge in [0.2, 0.25) is 11.8 Å². The first-order valence-corrected chi connectivity index (χ1v) is 4.90. The number of aliphatic imine (C=N–C) groups is 1. The summed E-state index contributed by atoms with van der Waals surface area (Å²) in [4.78, 5) is 4.02. The van der Waals surface area contributed by atoms with Crippen molar-refractivity contribution in [2.24, 2.45) is 4.99 Å². The first-order chi connectivity index (χ1) is 7.18. The van der Waals surface area contributed by atoms with Gasteiger partial charge >= 0.3 is 0 Å². The average molecular weight is 241 g/mol. The fraction of sp³-hybridized carbons (Fsp3) is 0. The molecule has 0 radical (unpaired) electrons. The Labute approximate surface area is 96.5 Å². The average Bonchev–Trinajstić information content (AvgIpc) is 2.62. The summed E-state index contributed by atoms with van der Waals surface area (Å²) in [6, 6.07) is 9.26. The smallest absolute Gasteiger partial charge is 0.242 e. The fourth-order valence-corrected chi connectivity index (χ4v) is 1.41. The van der Waals surface area contributed by atoms with Crippen molar-refractivity contribution < 1.29 is 4.74 Å². The zero-order valence-corrected chi connectivity index (χ0v) is 9.01. The minimum atomic E-state index is -0.131. The molecule has 1 aromatic carbocycles. The first kappa shape index (κ1) is 10.2. The van der Waals surface area contributed by atoms with Gasteiger partial charge in [0, 0.05) is 5.56 Å². The van der Waals surface area contributed by atoms with Crippen LogP contribution in [-0.4, -0.2) is 11.8 Å². The Morgan fingerprint density at radius 2 is 1.87 bits per heavy atom. The molecule has 1 aliphatic heterocycles. The van der Waals surface area contributed by atoms with Crippen molar-refractivity contribution >= 4 is 35.0 Å². The largest absolute Gasteiger partial charge is 0.418 e. The van der Waals surface area contributed by atoms with Crippen molar-refractivity contribution in [1.29, 1.82) is 5.41 Å². The lowest BCUT2D eigenvalue weighted by molar-refractivity contribution is 0.561. The van der Waals surface area contributed by atoms with E-state index >= 15 is 0 Å². The maximum absolute atomic E-state index is 7.45. The molecular weight excluding hydrogens is 235 g/mol. The number of rotatable bonds is 1. The molecule has 3 nitrogen and oxygen atoms in total. The number of halogens is 2. The molecule has 0 spiro atoms. The summed E-state index contributed by atoms with van der Waals surface area (Å²) < 4.78 is 5.06. The highest BCUT2D eigenvalue weighted by molar-refractivity contribution is 6.57. The standard InChI is InChI=1S/C10H6Cl2N2O/c11-8(12)7-9(13)15-10(14-7)6-4-2-1-3-5-6/h1-5,13H. The molecule has 0 amide bonds. The second kappa shape index (κ2) is 4.04. The van der Waals surface area contributed by atoms with Crippen molar-refractivity contribution in [1.82, 2.24) is 0 Å². The van der Waals surface area contributed by atoms with Crippen molar-refractivity contribution in [3.05, 3.63) is 46.1 Å². The van der Waals surface area contributed by atoms with Crippen LogP contribution in [0.3, 0.4) is 0 Å². The van der Waals surface area contributed by atoms with Gasteiger partial charge in [-0.15, -0.1) is 0 Å². The minimum Gasteiger partial charge on any atom is -0.418 e. The predicted octanol–water partition coefficient (Wildman–Crippen LogP) is 3.09. The zero-order valence-electron chi connectivity index (χ0n) is 7.50. The van der Waals surface area contributed by atoms with Crippen molar-refractivity contribution in [3.8, 4) is 0 Å². The van der Waals surface area contributed by atoms with Crippen LogP contribution in [-0.2, 0) is 4.74 Å². The van der Waals surface area contributed by atoms with Gasteiger partial charge in [-0.25, -0.2) is 4.99 Å². The summed E-state index contributed by atoms with van der Waals surface area (Å²) in [6.45, 7) is 0. The lowest BCUT2D eigenvalue weighted by atomic mass is 10.2. The number of nitrogens with zero attached hydrogens (tertiary/aromatic N) is 1. The van der Waals surface area contributed by atoms with Gasteiger partial charge in [-0.1, -0.05) is 41.4 Å². The van der Waals surface area contributed by atoms with Crippen LogP contribution in [0.4, 0.5) is 0 Å². The van der Waals surface area contributed by atoms with Gasteiger partial charge in [0.15, 0.2) is 5.70 Å². The number of benzene rings is 1. The van der Waals surface area contributed by atoms with E-state index in [0.29, 0.717) is 5.90 Å². The van der Waals surface area contributed by atoms with Crippen molar-refractivity contribution in [2.75, 3.05) is 0 Å². The van der Waals surface area contributed by atoms with Gasteiger partial charge in [0.1, 0.15) is 4.49 Å². The summed E-state index contributed by atoms with van der Waals surface area (Å²) >= 11 is 11.1. The zero-order chi connectivity index (χ0) is 10.8. The van der Waals surface area contributed by atoms with E-state index < -0.39 is 0 Å². The molecule has 0 aliphatic carbocycles. The van der Waals surface area contributed by atoms with Crippen LogP contribution in [0.1, 0.15) is 5.56 Å². The summed E-state index contributed by atoms with van der Waals surface area (Å²) in [7, 11) is 0. The van der Waals surface area contributed by atoms with E-state index in [0.717, 1.165) is 5.56 Å². The lowest BCUT2D eigenvalue weighted by Gasteiger charge is -1.98. The van der Waals surface area contributed by atoms with E-state index in [1.54, 1.807) is 0 Å². The molecule has 0 atom stereocenters.